The number of likely N-dealkylation sites (N-methyl/N-ethyl adjacent to an activating group) is 1. The molecule has 3 fully saturated rings. The maximum absolute atomic E-state index is 15.8. The summed E-state index contributed by atoms with van der Waals surface area (Å²) in [7, 11) is 4.92. The normalized spacial score (nSPS) is 21.5. The first-order valence-electron chi connectivity index (χ1n) is 17.2. The number of anilines is 2. The van der Waals surface area contributed by atoms with Crippen LogP contribution in [0.25, 0.3) is 11.1 Å². The van der Waals surface area contributed by atoms with E-state index in [4.69, 9.17) is 16.3 Å². The molecule has 2 atom stereocenters. The van der Waals surface area contributed by atoms with Gasteiger partial charge in [-0.05, 0) is 68.1 Å². The number of nitrogens with zero attached hydrogens (tertiary/aromatic N) is 5. The van der Waals surface area contributed by atoms with Crippen molar-refractivity contribution in [2.24, 2.45) is 7.05 Å². The lowest BCUT2D eigenvalue weighted by molar-refractivity contribution is -0.134. The number of pyridine rings is 1. The summed E-state index contributed by atoms with van der Waals surface area (Å²) in [6, 6.07) is 6.88. The van der Waals surface area contributed by atoms with Crippen LogP contribution >= 0.6 is 11.6 Å². The van der Waals surface area contributed by atoms with Crippen LogP contribution in [0, 0.1) is 19.7 Å². The Hall–Kier alpha value is -4.07. The average Bonchev–Trinajstić information content (AvgIpc) is 3.09. The first kappa shape index (κ1) is 36.7. The topological polar surface area (TPSA) is 90.4 Å². The first-order chi connectivity index (χ1) is 24.2. The van der Waals surface area contributed by atoms with Gasteiger partial charge in [0.25, 0.3) is 11.5 Å². The Balaban J connectivity index is 1.08. The molecule has 1 aromatic heterocycles. The number of halogens is 4. The van der Waals surface area contributed by atoms with Crippen LogP contribution in [0.3, 0.4) is 0 Å². The van der Waals surface area contributed by atoms with E-state index in [2.05, 4.69) is 5.32 Å². The Morgan fingerprint density at radius 2 is 1.75 bits per heavy atom. The minimum atomic E-state index is -2.99. The Kier molecular flexibility index (Phi) is 10.4. The number of alkyl halides is 2. The van der Waals surface area contributed by atoms with Crippen LogP contribution in [-0.4, -0.2) is 97.6 Å². The molecular weight excluding hydrogens is 685 g/mol. The predicted octanol–water partition coefficient (Wildman–Crippen LogP) is 4.74. The van der Waals surface area contributed by atoms with Crippen molar-refractivity contribution < 1.29 is 27.5 Å². The Morgan fingerprint density at radius 3 is 2.39 bits per heavy atom. The fourth-order valence-corrected chi connectivity index (χ4v) is 7.92. The number of piperazine rings is 1. The summed E-state index contributed by atoms with van der Waals surface area (Å²) >= 11 is 6.78. The van der Waals surface area contributed by atoms with Crippen LogP contribution < -0.4 is 25.4 Å². The number of carbonyl (C=O) groups excluding carboxylic acids is 2. The molecule has 3 aromatic rings. The molecular formula is C37H44ClF3N6O4. The fourth-order valence-electron chi connectivity index (χ4n) is 7.65. The molecule has 1 N–H and O–H groups in total. The lowest BCUT2D eigenvalue weighted by Crippen LogP contribution is -2.61. The number of imide groups is 1. The number of rotatable bonds is 8. The maximum atomic E-state index is 15.8. The molecule has 51 heavy (non-hydrogen) atoms. The molecule has 10 nitrogen and oxygen atoms in total. The summed E-state index contributed by atoms with van der Waals surface area (Å²) in [5, 5.41) is 2.73. The second kappa shape index (κ2) is 14.5. The number of hydrogen-bond acceptors (Lipinski definition) is 8. The van der Waals surface area contributed by atoms with E-state index in [1.807, 2.05) is 22.8 Å². The van der Waals surface area contributed by atoms with E-state index in [1.54, 1.807) is 55.2 Å². The van der Waals surface area contributed by atoms with Gasteiger partial charge in [0.15, 0.2) is 0 Å². The van der Waals surface area contributed by atoms with Crippen LogP contribution in [0.1, 0.15) is 36.0 Å². The van der Waals surface area contributed by atoms with E-state index in [-0.39, 0.29) is 30.9 Å². The molecule has 3 aliphatic rings. The molecule has 14 heteroatoms. The molecule has 4 heterocycles. The number of likely N-dealkylation sites (tertiary alicyclic amines) is 1. The summed E-state index contributed by atoms with van der Waals surface area (Å²) in [5.41, 5.74) is 4.54. The van der Waals surface area contributed by atoms with Gasteiger partial charge in [-0.25, -0.2) is 13.2 Å². The van der Waals surface area contributed by atoms with Gasteiger partial charge in [-0.2, -0.15) is 0 Å². The zero-order valence-corrected chi connectivity index (χ0v) is 30.3. The molecule has 0 aliphatic carbocycles. The molecule has 2 unspecified atom stereocenters. The van der Waals surface area contributed by atoms with Crippen molar-refractivity contribution in [3.63, 3.8) is 0 Å². The van der Waals surface area contributed by atoms with Crippen molar-refractivity contribution in [2.75, 3.05) is 63.2 Å². The van der Waals surface area contributed by atoms with Gasteiger partial charge in [0.2, 0.25) is 11.8 Å². The lowest BCUT2D eigenvalue weighted by Gasteiger charge is -2.46. The standard InChI is InChI=1S/C37H44ClF3N6O4/c1-22-23(2)36(50)43(3)19-26(22)24-16-28(38)27(32(17-24)51-5)20-45-11-10-33(37(40,41)21-45)47-14-12-46(13-15-47)30-7-6-25(18-29(30)39)44(4)31-8-9-34(48)42-35(31)49/h6-7,16-19,31,33H,8-15,20-21H2,1-5H3,(H,42,48,49). The van der Waals surface area contributed by atoms with Crippen molar-refractivity contribution in [2.45, 2.75) is 57.7 Å². The Bertz CT molecular complexity index is 1900. The zero-order valence-electron chi connectivity index (χ0n) is 29.6. The van der Waals surface area contributed by atoms with Crippen molar-refractivity contribution in [3.05, 3.63) is 74.4 Å². The monoisotopic (exact) mass is 728 g/mol. The van der Waals surface area contributed by atoms with Crippen molar-refractivity contribution in [1.82, 2.24) is 19.7 Å². The summed E-state index contributed by atoms with van der Waals surface area (Å²) < 4.78 is 54.3. The van der Waals surface area contributed by atoms with Gasteiger partial charge in [-0.1, -0.05) is 11.6 Å². The number of nitrogens with one attached hydrogen (secondary N) is 1. The number of aryl methyl sites for hydroxylation is 1. The third-order valence-electron chi connectivity index (χ3n) is 10.8. The molecule has 6 rings (SSSR count). The number of amides is 2. The molecule has 0 saturated carbocycles. The summed E-state index contributed by atoms with van der Waals surface area (Å²) in [6.07, 6.45) is 2.60. The van der Waals surface area contributed by atoms with E-state index in [0.717, 1.165) is 16.7 Å². The molecule has 2 amide bonds. The smallest absolute Gasteiger partial charge is 0.275 e. The van der Waals surface area contributed by atoms with Crippen LogP contribution in [0.4, 0.5) is 24.5 Å². The van der Waals surface area contributed by atoms with Crippen LogP contribution in [-0.2, 0) is 23.2 Å². The van der Waals surface area contributed by atoms with E-state index in [1.165, 1.54) is 17.7 Å². The minimum absolute atomic E-state index is 0.0747. The number of ether oxygens (including phenoxy) is 1. The summed E-state index contributed by atoms with van der Waals surface area (Å²) in [6.45, 7) is 5.38. The van der Waals surface area contributed by atoms with Gasteiger partial charge in [0, 0.05) is 93.4 Å². The Labute approximate surface area is 300 Å². The van der Waals surface area contributed by atoms with Gasteiger partial charge in [-0.15, -0.1) is 0 Å². The van der Waals surface area contributed by atoms with E-state index < -0.39 is 36.3 Å². The number of methoxy groups -OCH3 is 1. The zero-order chi connectivity index (χ0) is 36.8. The predicted molar refractivity (Wildman–Crippen MR) is 192 cm³/mol. The Morgan fingerprint density at radius 1 is 1.02 bits per heavy atom. The van der Waals surface area contributed by atoms with Gasteiger partial charge < -0.3 is 19.1 Å². The van der Waals surface area contributed by atoms with Gasteiger partial charge >= 0.3 is 0 Å². The van der Waals surface area contributed by atoms with Gasteiger partial charge in [0.05, 0.1) is 25.4 Å². The second-order valence-corrected chi connectivity index (χ2v) is 14.3. The highest BCUT2D eigenvalue weighted by Gasteiger charge is 2.48. The second-order valence-electron chi connectivity index (χ2n) is 13.9. The maximum Gasteiger partial charge on any atom is 0.275 e. The minimum Gasteiger partial charge on any atom is -0.496 e. The largest absolute Gasteiger partial charge is 0.496 e. The summed E-state index contributed by atoms with van der Waals surface area (Å²) in [4.78, 5) is 43.3. The van der Waals surface area contributed by atoms with E-state index in [0.29, 0.717) is 72.4 Å². The highest BCUT2D eigenvalue weighted by Crippen LogP contribution is 2.38. The fraction of sp³-hybridized carbons (Fsp3) is 0.486. The molecule has 0 spiro atoms. The highest BCUT2D eigenvalue weighted by molar-refractivity contribution is 6.32. The highest BCUT2D eigenvalue weighted by atomic mass is 35.5. The number of hydrogen-bond donors (Lipinski definition) is 1. The average molecular weight is 729 g/mol. The molecule has 2 aromatic carbocycles. The molecule has 3 saturated heterocycles. The van der Waals surface area contributed by atoms with Crippen LogP contribution in [0.2, 0.25) is 5.02 Å². The van der Waals surface area contributed by atoms with E-state index in [9.17, 15) is 14.4 Å². The van der Waals surface area contributed by atoms with Crippen LogP contribution in [0.15, 0.2) is 41.3 Å². The first-order valence-corrected chi connectivity index (χ1v) is 17.5. The van der Waals surface area contributed by atoms with Crippen molar-refractivity contribution in [1.29, 1.82) is 0 Å². The molecule has 274 valence electrons. The third kappa shape index (κ3) is 7.33. The van der Waals surface area contributed by atoms with Gasteiger partial charge in [-0.3, -0.25) is 29.5 Å². The molecule has 3 aliphatic heterocycles. The third-order valence-corrected chi connectivity index (χ3v) is 11.1. The number of carbonyl (C=O) groups is 2. The molecule has 0 bridgehead atoms. The van der Waals surface area contributed by atoms with Crippen LogP contribution in [0.5, 0.6) is 5.75 Å². The SMILES string of the molecule is COc1cc(-c2cn(C)c(=O)c(C)c2C)cc(Cl)c1CN1CCC(N2CCN(c3ccc(N(C)C4CCC(=O)NC4=O)cc3F)CC2)C(F)(F)C1. The molecule has 0 radical (unpaired) electrons. The number of aromatic nitrogens is 1. The number of piperidine rings is 2. The quantitative estimate of drug-likeness (QED) is 0.333. The number of benzene rings is 2. The van der Waals surface area contributed by atoms with Crippen molar-refractivity contribution in [3.8, 4) is 16.9 Å². The summed E-state index contributed by atoms with van der Waals surface area (Å²) in [5.74, 6) is -3.67. The van der Waals surface area contributed by atoms with Crippen molar-refractivity contribution >= 4 is 34.8 Å². The van der Waals surface area contributed by atoms with Gasteiger partial charge in [0.1, 0.15) is 17.6 Å². The lowest BCUT2D eigenvalue weighted by atomic mass is 9.96. The van der Waals surface area contributed by atoms with E-state index >= 15 is 13.2 Å².